The molecule has 2 rings (SSSR count). The van der Waals surface area contributed by atoms with Gasteiger partial charge < -0.3 is 9.47 Å². The molecule has 0 aliphatic carbocycles. The van der Waals surface area contributed by atoms with Crippen molar-refractivity contribution in [2.24, 2.45) is 0 Å². The molecule has 0 aliphatic rings. The summed E-state index contributed by atoms with van der Waals surface area (Å²) >= 11 is 0. The van der Waals surface area contributed by atoms with Crippen molar-refractivity contribution in [3.63, 3.8) is 0 Å². The van der Waals surface area contributed by atoms with Gasteiger partial charge in [-0.25, -0.2) is 0 Å². The van der Waals surface area contributed by atoms with E-state index >= 15 is 0 Å². The smallest absolute Gasteiger partial charge is 0.119 e. The number of unbranched alkanes of at least 4 members (excludes halogenated alkanes) is 26. The van der Waals surface area contributed by atoms with Crippen LogP contribution in [0.25, 0.3) is 11.1 Å². The van der Waals surface area contributed by atoms with Gasteiger partial charge in [-0.2, -0.15) is 0 Å². The Morgan fingerprint density at radius 3 is 0.739 bits per heavy atom. The second-order valence-corrected chi connectivity index (χ2v) is 13.9. The van der Waals surface area contributed by atoms with E-state index in [0.717, 1.165) is 37.6 Å². The minimum atomic E-state index is 0.822. The summed E-state index contributed by atoms with van der Waals surface area (Å²) in [7, 11) is 0. The van der Waals surface area contributed by atoms with Gasteiger partial charge in [0.1, 0.15) is 11.5 Å². The third-order valence-electron chi connectivity index (χ3n) is 9.58. The molecule has 0 saturated heterocycles. The van der Waals surface area contributed by atoms with Gasteiger partial charge in [0.15, 0.2) is 0 Å². The van der Waals surface area contributed by atoms with E-state index in [1.54, 1.807) is 0 Å². The highest BCUT2D eigenvalue weighted by molar-refractivity contribution is 5.64. The fourth-order valence-electron chi connectivity index (χ4n) is 6.46. The second kappa shape index (κ2) is 30.4. The summed E-state index contributed by atoms with van der Waals surface area (Å²) in [4.78, 5) is 0. The third kappa shape index (κ3) is 22.5. The average Bonchev–Trinajstić information content (AvgIpc) is 3.09. The van der Waals surface area contributed by atoms with Crippen molar-refractivity contribution < 1.29 is 9.47 Å². The summed E-state index contributed by atoms with van der Waals surface area (Å²) in [6, 6.07) is 17.1. The van der Waals surface area contributed by atoms with Crippen LogP contribution in [-0.2, 0) is 0 Å². The molecule has 0 saturated carbocycles. The molecule has 0 spiro atoms. The number of ether oxygens (including phenoxy) is 2. The zero-order chi connectivity index (χ0) is 32.6. The van der Waals surface area contributed by atoms with Crippen molar-refractivity contribution in [1.29, 1.82) is 0 Å². The molecule has 0 heterocycles. The van der Waals surface area contributed by atoms with E-state index in [9.17, 15) is 0 Å². The Labute approximate surface area is 286 Å². The highest BCUT2D eigenvalue weighted by Crippen LogP contribution is 2.25. The number of hydrogen-bond donors (Lipinski definition) is 0. The standard InChI is InChI=1S/C44H74O2/c1-3-5-7-9-11-13-15-17-19-21-23-25-27-29-39-45-43-35-31-41(32-36-43)42-33-37-44(38-34-42)46-40-30-28-26-24-22-20-18-16-14-12-10-8-6-4-2/h31-38H,3-30,39-40H2,1-2H3. The fourth-order valence-corrected chi connectivity index (χ4v) is 6.46. The van der Waals surface area contributed by atoms with E-state index in [2.05, 4.69) is 62.4 Å². The molecule has 2 heteroatoms. The number of hydrogen-bond acceptors (Lipinski definition) is 2. The van der Waals surface area contributed by atoms with Crippen LogP contribution in [-0.4, -0.2) is 13.2 Å². The van der Waals surface area contributed by atoms with Gasteiger partial charge in [-0.1, -0.05) is 205 Å². The first-order chi connectivity index (χ1) is 22.8. The fraction of sp³-hybridized carbons (Fsp3) is 0.727. The van der Waals surface area contributed by atoms with Gasteiger partial charge in [-0.15, -0.1) is 0 Å². The van der Waals surface area contributed by atoms with Gasteiger partial charge in [-0.3, -0.25) is 0 Å². The van der Waals surface area contributed by atoms with Crippen LogP contribution in [0, 0.1) is 0 Å². The van der Waals surface area contributed by atoms with E-state index in [1.165, 1.54) is 178 Å². The molecular weight excluding hydrogens is 560 g/mol. The van der Waals surface area contributed by atoms with E-state index in [1.807, 2.05) is 0 Å². The maximum Gasteiger partial charge on any atom is 0.119 e. The summed E-state index contributed by atoms with van der Waals surface area (Å²) in [5, 5.41) is 0. The van der Waals surface area contributed by atoms with Gasteiger partial charge in [-0.05, 0) is 48.2 Å². The Morgan fingerprint density at radius 1 is 0.283 bits per heavy atom. The lowest BCUT2D eigenvalue weighted by Gasteiger charge is -2.09. The molecule has 0 aromatic heterocycles. The third-order valence-corrected chi connectivity index (χ3v) is 9.58. The zero-order valence-corrected chi connectivity index (χ0v) is 30.6. The van der Waals surface area contributed by atoms with Crippen LogP contribution in [0.1, 0.15) is 194 Å². The predicted molar refractivity (Wildman–Crippen MR) is 203 cm³/mol. The lowest BCUT2D eigenvalue weighted by atomic mass is 10.0. The summed E-state index contributed by atoms with van der Waals surface area (Å²) < 4.78 is 12.0. The SMILES string of the molecule is CCCCCCCCCCCCCCCCOc1ccc(-c2ccc(OCCCCCCCCCCCCCCCC)cc2)cc1. The molecular formula is C44H74O2. The van der Waals surface area contributed by atoms with Crippen molar-refractivity contribution in [1.82, 2.24) is 0 Å². The number of benzene rings is 2. The topological polar surface area (TPSA) is 18.5 Å². The minimum Gasteiger partial charge on any atom is -0.494 e. The van der Waals surface area contributed by atoms with Crippen LogP contribution >= 0.6 is 0 Å². The van der Waals surface area contributed by atoms with Gasteiger partial charge >= 0.3 is 0 Å². The summed E-state index contributed by atoms with van der Waals surface area (Å²) in [5.74, 6) is 1.96. The summed E-state index contributed by atoms with van der Waals surface area (Å²) in [6.07, 6.45) is 38.9. The first-order valence-electron chi connectivity index (χ1n) is 20.3. The molecule has 2 aromatic rings. The lowest BCUT2D eigenvalue weighted by Crippen LogP contribution is -1.97. The molecule has 2 nitrogen and oxygen atoms in total. The van der Waals surface area contributed by atoms with Gasteiger partial charge in [0, 0.05) is 0 Å². The average molecular weight is 635 g/mol. The molecule has 46 heavy (non-hydrogen) atoms. The quantitative estimate of drug-likeness (QED) is 0.0727. The van der Waals surface area contributed by atoms with E-state index in [4.69, 9.17) is 9.47 Å². The Morgan fingerprint density at radius 2 is 0.500 bits per heavy atom. The van der Waals surface area contributed by atoms with Crippen LogP contribution in [0.5, 0.6) is 11.5 Å². The van der Waals surface area contributed by atoms with Crippen LogP contribution in [0.3, 0.4) is 0 Å². The van der Waals surface area contributed by atoms with Crippen LogP contribution < -0.4 is 9.47 Å². The molecule has 0 fully saturated rings. The predicted octanol–water partition coefficient (Wildman–Crippen LogP) is 15.1. The summed E-state index contributed by atoms with van der Waals surface area (Å²) in [5.41, 5.74) is 2.45. The molecule has 0 unspecified atom stereocenters. The molecule has 0 bridgehead atoms. The van der Waals surface area contributed by atoms with Crippen molar-refractivity contribution in [3.05, 3.63) is 48.5 Å². The van der Waals surface area contributed by atoms with Crippen LogP contribution in [0.2, 0.25) is 0 Å². The first kappa shape index (κ1) is 40.2. The Kier molecular flexibility index (Phi) is 26.6. The molecule has 0 atom stereocenters. The van der Waals surface area contributed by atoms with E-state index in [0.29, 0.717) is 0 Å². The lowest BCUT2D eigenvalue weighted by molar-refractivity contribution is 0.304. The highest BCUT2D eigenvalue weighted by atomic mass is 16.5. The van der Waals surface area contributed by atoms with Crippen molar-refractivity contribution in [3.8, 4) is 22.6 Å². The highest BCUT2D eigenvalue weighted by Gasteiger charge is 2.02. The van der Waals surface area contributed by atoms with Gasteiger partial charge in [0.2, 0.25) is 0 Å². The van der Waals surface area contributed by atoms with Gasteiger partial charge in [0.25, 0.3) is 0 Å². The van der Waals surface area contributed by atoms with E-state index in [-0.39, 0.29) is 0 Å². The molecule has 0 N–H and O–H groups in total. The second-order valence-electron chi connectivity index (χ2n) is 13.9. The summed E-state index contributed by atoms with van der Waals surface area (Å²) in [6.45, 7) is 6.23. The first-order valence-corrected chi connectivity index (χ1v) is 20.3. The maximum atomic E-state index is 6.02. The Hall–Kier alpha value is -1.96. The number of rotatable bonds is 33. The molecule has 0 aliphatic heterocycles. The molecule has 2 aromatic carbocycles. The minimum absolute atomic E-state index is 0.822. The molecule has 0 radical (unpaired) electrons. The largest absolute Gasteiger partial charge is 0.494 e. The Bertz CT molecular complexity index is 812. The van der Waals surface area contributed by atoms with Crippen molar-refractivity contribution in [2.45, 2.75) is 194 Å². The van der Waals surface area contributed by atoms with Crippen molar-refractivity contribution in [2.75, 3.05) is 13.2 Å². The van der Waals surface area contributed by atoms with Crippen molar-refractivity contribution >= 4 is 0 Å². The normalized spacial score (nSPS) is 11.3. The zero-order valence-electron chi connectivity index (χ0n) is 30.6. The molecule has 262 valence electrons. The Balaban J connectivity index is 1.41. The van der Waals surface area contributed by atoms with Crippen LogP contribution in [0.15, 0.2) is 48.5 Å². The van der Waals surface area contributed by atoms with Crippen LogP contribution in [0.4, 0.5) is 0 Å². The monoisotopic (exact) mass is 635 g/mol. The maximum absolute atomic E-state index is 6.02. The van der Waals surface area contributed by atoms with Gasteiger partial charge in [0.05, 0.1) is 13.2 Å². The molecule has 0 amide bonds. The van der Waals surface area contributed by atoms with E-state index < -0.39 is 0 Å².